The van der Waals surface area contributed by atoms with E-state index >= 15 is 0 Å². The van der Waals surface area contributed by atoms with Crippen LogP contribution in [-0.4, -0.2) is 25.1 Å². The van der Waals surface area contributed by atoms with E-state index in [0.29, 0.717) is 11.3 Å². The van der Waals surface area contributed by atoms with Gasteiger partial charge in [-0.3, -0.25) is 10.1 Å². The molecule has 19 heavy (non-hydrogen) atoms. The molecule has 0 unspecified atom stereocenters. The maximum absolute atomic E-state index is 11.2. The van der Waals surface area contributed by atoms with Crippen LogP contribution in [0.5, 0.6) is 0 Å². The molecular weight excluding hydrogens is 250 g/mol. The molecule has 0 aromatic heterocycles. The van der Waals surface area contributed by atoms with Crippen molar-refractivity contribution in [3.8, 4) is 6.07 Å². The zero-order chi connectivity index (χ0) is 14.4. The van der Waals surface area contributed by atoms with E-state index in [0.717, 1.165) is 7.11 Å². The van der Waals surface area contributed by atoms with Gasteiger partial charge in [-0.05, 0) is 17.7 Å². The number of nitro benzene ring substituents is 1. The summed E-state index contributed by atoms with van der Waals surface area (Å²) in [4.78, 5) is 21.5. The van der Waals surface area contributed by atoms with Crippen LogP contribution in [0.3, 0.4) is 0 Å². The van der Waals surface area contributed by atoms with Crippen molar-refractivity contribution in [2.45, 2.75) is 0 Å². The van der Waals surface area contributed by atoms with E-state index < -0.39 is 10.9 Å². The van der Waals surface area contributed by atoms with Gasteiger partial charge in [0.05, 0.1) is 12.0 Å². The number of methoxy groups -OCH3 is 1. The summed E-state index contributed by atoms with van der Waals surface area (Å²) in [5, 5.41) is 22.4. The van der Waals surface area contributed by atoms with E-state index in [4.69, 9.17) is 5.26 Å². The van der Waals surface area contributed by atoms with Crippen LogP contribution in [0.4, 0.5) is 11.4 Å². The molecule has 7 nitrogen and oxygen atoms in total. The first-order valence-corrected chi connectivity index (χ1v) is 5.19. The summed E-state index contributed by atoms with van der Waals surface area (Å²) in [6.07, 6.45) is 1.23. The summed E-state index contributed by atoms with van der Waals surface area (Å²) in [5.41, 5.74) is 0.346. The number of rotatable bonds is 4. The van der Waals surface area contributed by atoms with Crippen molar-refractivity contribution >= 4 is 23.4 Å². The number of ether oxygens (including phenoxy) is 1. The first-order valence-electron chi connectivity index (χ1n) is 5.19. The predicted molar refractivity (Wildman–Crippen MR) is 68.2 cm³/mol. The average Bonchev–Trinajstić information content (AvgIpc) is 2.43. The lowest BCUT2D eigenvalue weighted by Crippen LogP contribution is -2.02. The second-order valence-electron chi connectivity index (χ2n) is 3.45. The van der Waals surface area contributed by atoms with Crippen molar-refractivity contribution in [2.24, 2.45) is 0 Å². The molecule has 0 bridgehead atoms. The van der Waals surface area contributed by atoms with Crippen LogP contribution >= 0.6 is 0 Å². The summed E-state index contributed by atoms with van der Waals surface area (Å²) in [5.74, 6) is -0.789. The molecule has 0 amide bonds. The van der Waals surface area contributed by atoms with E-state index in [1.165, 1.54) is 18.2 Å². The molecule has 98 valence electrons. The molecule has 0 aliphatic carbocycles. The minimum atomic E-state index is -0.789. The number of nitriles is 1. The Labute approximate surface area is 109 Å². The molecule has 0 atom stereocenters. The number of hydrogen-bond acceptors (Lipinski definition) is 6. The van der Waals surface area contributed by atoms with Gasteiger partial charge in [0.25, 0.3) is 5.69 Å². The van der Waals surface area contributed by atoms with Crippen LogP contribution in [0.25, 0.3) is 6.08 Å². The summed E-state index contributed by atoms with van der Waals surface area (Å²) in [7, 11) is 2.72. The molecule has 1 N–H and O–H groups in total. The monoisotopic (exact) mass is 261 g/mol. The molecule has 0 saturated carbocycles. The molecule has 1 aromatic rings. The van der Waals surface area contributed by atoms with Gasteiger partial charge in [0, 0.05) is 13.1 Å². The Morgan fingerprint density at radius 3 is 2.74 bits per heavy atom. The van der Waals surface area contributed by atoms with Gasteiger partial charge in [-0.1, -0.05) is 6.07 Å². The molecular formula is C12H11N3O4. The van der Waals surface area contributed by atoms with Crippen LogP contribution < -0.4 is 5.32 Å². The van der Waals surface area contributed by atoms with Crippen LogP contribution in [0.2, 0.25) is 0 Å². The summed E-state index contributed by atoms with van der Waals surface area (Å²) >= 11 is 0. The number of carbonyl (C=O) groups is 1. The zero-order valence-corrected chi connectivity index (χ0v) is 10.3. The fourth-order valence-electron chi connectivity index (χ4n) is 1.41. The quantitative estimate of drug-likeness (QED) is 0.291. The smallest absolute Gasteiger partial charge is 0.348 e. The summed E-state index contributed by atoms with van der Waals surface area (Å²) in [6.45, 7) is 0. The Balaban J connectivity index is 3.27. The Bertz CT molecular complexity index is 587. The van der Waals surface area contributed by atoms with E-state index in [1.54, 1.807) is 19.2 Å². The fourth-order valence-corrected chi connectivity index (χ4v) is 1.41. The molecule has 0 radical (unpaired) electrons. The van der Waals surface area contributed by atoms with Gasteiger partial charge in [-0.15, -0.1) is 0 Å². The summed E-state index contributed by atoms with van der Waals surface area (Å²) < 4.78 is 4.42. The molecule has 0 fully saturated rings. The van der Waals surface area contributed by atoms with Crippen molar-refractivity contribution in [3.05, 3.63) is 39.4 Å². The fraction of sp³-hybridized carbons (Fsp3) is 0.167. The first kappa shape index (κ1) is 14.2. The first-order chi connectivity index (χ1) is 9.03. The normalized spacial score (nSPS) is 10.5. The number of benzene rings is 1. The number of anilines is 1. The van der Waals surface area contributed by atoms with E-state index in [9.17, 15) is 14.9 Å². The highest BCUT2D eigenvalue weighted by atomic mass is 16.6. The number of hydrogen-bond donors (Lipinski definition) is 1. The van der Waals surface area contributed by atoms with Crippen molar-refractivity contribution in [2.75, 3.05) is 19.5 Å². The minimum absolute atomic E-state index is 0.140. The van der Waals surface area contributed by atoms with Gasteiger partial charge in [0.1, 0.15) is 17.3 Å². The molecule has 0 saturated heterocycles. The van der Waals surface area contributed by atoms with Crippen LogP contribution in [0.15, 0.2) is 23.8 Å². The third-order valence-electron chi connectivity index (χ3n) is 2.32. The lowest BCUT2D eigenvalue weighted by molar-refractivity contribution is -0.384. The summed E-state index contributed by atoms with van der Waals surface area (Å²) in [6, 6.07) is 6.00. The maximum Gasteiger partial charge on any atom is 0.348 e. The van der Waals surface area contributed by atoms with E-state index in [1.807, 2.05) is 0 Å². The molecule has 1 aromatic carbocycles. The minimum Gasteiger partial charge on any atom is -0.465 e. The highest BCUT2D eigenvalue weighted by Gasteiger charge is 2.14. The second kappa shape index (κ2) is 6.16. The third-order valence-corrected chi connectivity index (χ3v) is 2.32. The highest BCUT2D eigenvalue weighted by Crippen LogP contribution is 2.26. The maximum atomic E-state index is 11.2. The van der Waals surface area contributed by atoms with Gasteiger partial charge in [-0.25, -0.2) is 4.79 Å². The lowest BCUT2D eigenvalue weighted by atomic mass is 10.1. The van der Waals surface area contributed by atoms with Gasteiger partial charge in [0.15, 0.2) is 0 Å². The van der Waals surface area contributed by atoms with Crippen molar-refractivity contribution in [1.82, 2.24) is 0 Å². The number of nitrogens with zero attached hydrogens (tertiary/aromatic N) is 2. The molecule has 0 heterocycles. The Kier molecular flexibility index (Phi) is 4.60. The topological polar surface area (TPSA) is 105 Å². The molecule has 1 rings (SSSR count). The molecule has 0 aliphatic heterocycles. The second-order valence-corrected chi connectivity index (χ2v) is 3.45. The van der Waals surface area contributed by atoms with Crippen molar-refractivity contribution in [3.63, 3.8) is 0 Å². The molecule has 0 spiro atoms. The van der Waals surface area contributed by atoms with Gasteiger partial charge in [0.2, 0.25) is 0 Å². The number of nitro groups is 1. The SMILES string of the molecule is CNc1ccc(/C=C(\C#N)C(=O)OC)cc1[N+](=O)[O-]. The van der Waals surface area contributed by atoms with E-state index in [-0.39, 0.29) is 11.3 Å². The highest BCUT2D eigenvalue weighted by molar-refractivity contribution is 5.98. The zero-order valence-electron chi connectivity index (χ0n) is 10.3. The van der Waals surface area contributed by atoms with E-state index in [2.05, 4.69) is 10.1 Å². The Morgan fingerprint density at radius 2 is 2.26 bits per heavy atom. The number of esters is 1. The predicted octanol–water partition coefficient (Wildman–Crippen LogP) is 1.72. The molecule has 0 aliphatic rings. The standard InChI is InChI=1S/C12H11N3O4/c1-14-10-4-3-8(6-11(10)15(17)18)5-9(7-13)12(16)19-2/h3-6,14H,1-2H3/b9-5+. The number of carbonyl (C=O) groups excluding carboxylic acids is 1. The molecule has 7 heteroatoms. The van der Waals surface area contributed by atoms with Gasteiger partial charge in [-0.2, -0.15) is 5.26 Å². The average molecular weight is 261 g/mol. The van der Waals surface area contributed by atoms with Crippen molar-refractivity contribution < 1.29 is 14.5 Å². The third kappa shape index (κ3) is 3.29. The van der Waals surface area contributed by atoms with Gasteiger partial charge >= 0.3 is 5.97 Å². The van der Waals surface area contributed by atoms with Crippen LogP contribution in [-0.2, 0) is 9.53 Å². The number of nitrogens with one attached hydrogen (secondary N) is 1. The Morgan fingerprint density at radius 1 is 1.58 bits per heavy atom. The van der Waals surface area contributed by atoms with Crippen molar-refractivity contribution in [1.29, 1.82) is 5.26 Å². The van der Waals surface area contributed by atoms with Gasteiger partial charge < -0.3 is 10.1 Å². The van der Waals surface area contributed by atoms with Crippen LogP contribution in [0.1, 0.15) is 5.56 Å². The lowest BCUT2D eigenvalue weighted by Gasteiger charge is -2.03. The Hall–Kier alpha value is -2.88. The largest absolute Gasteiger partial charge is 0.465 e. The van der Waals surface area contributed by atoms with Crippen LogP contribution in [0, 0.1) is 21.4 Å².